The van der Waals surface area contributed by atoms with Crippen LogP contribution >= 0.6 is 0 Å². The van der Waals surface area contributed by atoms with Gasteiger partial charge < -0.3 is 14.3 Å². The van der Waals surface area contributed by atoms with Gasteiger partial charge in [-0.1, -0.05) is 48.5 Å². The highest BCUT2D eigenvalue weighted by Crippen LogP contribution is 2.39. The van der Waals surface area contributed by atoms with Gasteiger partial charge in [0, 0.05) is 36.9 Å². The molecule has 0 unspecified atom stereocenters. The van der Waals surface area contributed by atoms with Crippen molar-refractivity contribution in [3.8, 4) is 11.1 Å². The molecular weight excluding hydrogens is 362 g/mol. The van der Waals surface area contributed by atoms with Crippen molar-refractivity contribution in [3.05, 3.63) is 95.0 Å². The number of hydrogen-bond donors (Lipinski definition) is 1. The molecule has 0 atom stereocenters. The Kier molecular flexibility index (Phi) is 4.13. The van der Waals surface area contributed by atoms with E-state index in [-0.39, 0.29) is 5.56 Å². The average molecular weight is 381 g/mol. The van der Waals surface area contributed by atoms with E-state index in [1.165, 1.54) is 0 Å². The first-order valence-corrected chi connectivity index (χ1v) is 9.46. The summed E-state index contributed by atoms with van der Waals surface area (Å²) in [6, 6.07) is 21.7. The van der Waals surface area contributed by atoms with Crippen molar-refractivity contribution in [2.45, 2.75) is 6.54 Å². The topological polar surface area (TPSA) is 60.1 Å². The van der Waals surface area contributed by atoms with Crippen LogP contribution in [0.15, 0.2) is 88.3 Å². The van der Waals surface area contributed by atoms with Crippen LogP contribution in [-0.2, 0) is 13.6 Å². The molecule has 5 heteroatoms. The number of fused-ring (bicyclic) bond motifs is 3. The maximum absolute atomic E-state index is 13.3. The SMILES string of the molecule is Cn1c(=O)c2c(-c3cccnc3)c(NCc3ccccc3)oc2c2ccccc21. The molecular formula is C24H19N3O2. The third-order valence-corrected chi connectivity index (χ3v) is 5.18. The van der Waals surface area contributed by atoms with Crippen LogP contribution in [0.5, 0.6) is 0 Å². The lowest BCUT2D eigenvalue weighted by atomic mass is 10.0. The van der Waals surface area contributed by atoms with Gasteiger partial charge in [-0.25, -0.2) is 0 Å². The van der Waals surface area contributed by atoms with Gasteiger partial charge in [0.05, 0.1) is 16.5 Å². The molecule has 0 amide bonds. The zero-order valence-corrected chi connectivity index (χ0v) is 15.9. The zero-order chi connectivity index (χ0) is 19.8. The molecule has 0 aliphatic rings. The molecule has 2 aromatic carbocycles. The summed E-state index contributed by atoms with van der Waals surface area (Å²) in [6.45, 7) is 0.589. The molecule has 1 N–H and O–H groups in total. The van der Waals surface area contributed by atoms with Gasteiger partial charge in [0.2, 0.25) is 5.88 Å². The minimum atomic E-state index is -0.0888. The van der Waals surface area contributed by atoms with Gasteiger partial charge in [0.15, 0.2) is 5.58 Å². The van der Waals surface area contributed by atoms with E-state index in [0.29, 0.717) is 23.4 Å². The van der Waals surface area contributed by atoms with Crippen LogP contribution in [0.1, 0.15) is 5.56 Å². The van der Waals surface area contributed by atoms with Crippen LogP contribution in [-0.4, -0.2) is 9.55 Å². The molecule has 3 heterocycles. The Balaban J connectivity index is 1.78. The number of para-hydroxylation sites is 1. The molecule has 0 radical (unpaired) electrons. The largest absolute Gasteiger partial charge is 0.439 e. The second kappa shape index (κ2) is 6.95. The number of pyridine rings is 2. The molecule has 0 aliphatic carbocycles. The Morgan fingerprint density at radius 1 is 1.00 bits per heavy atom. The third-order valence-electron chi connectivity index (χ3n) is 5.18. The molecule has 5 aromatic rings. The summed E-state index contributed by atoms with van der Waals surface area (Å²) in [5.74, 6) is 0.574. The standard InChI is InChI=1S/C24H19N3O2/c1-27-19-12-6-5-11-18(19)22-21(24(27)28)20(17-10-7-13-25-15-17)23(29-22)26-14-16-8-3-2-4-9-16/h2-13,15,26H,14H2,1H3. The maximum Gasteiger partial charge on any atom is 0.262 e. The van der Waals surface area contributed by atoms with E-state index < -0.39 is 0 Å². The van der Waals surface area contributed by atoms with Crippen molar-refractivity contribution in [2.75, 3.05) is 5.32 Å². The first-order valence-electron chi connectivity index (χ1n) is 9.46. The van der Waals surface area contributed by atoms with Crippen molar-refractivity contribution in [3.63, 3.8) is 0 Å². The van der Waals surface area contributed by atoms with Gasteiger partial charge in [-0.05, 0) is 23.8 Å². The third kappa shape index (κ3) is 2.88. The van der Waals surface area contributed by atoms with Crippen LogP contribution in [0.3, 0.4) is 0 Å². The fraction of sp³-hybridized carbons (Fsp3) is 0.0833. The predicted molar refractivity (Wildman–Crippen MR) is 116 cm³/mol. The van der Waals surface area contributed by atoms with Gasteiger partial charge in [0.1, 0.15) is 0 Å². The summed E-state index contributed by atoms with van der Waals surface area (Å²) >= 11 is 0. The fourth-order valence-corrected chi connectivity index (χ4v) is 3.75. The van der Waals surface area contributed by atoms with Crippen LogP contribution in [0.2, 0.25) is 0 Å². The number of aromatic nitrogens is 2. The lowest BCUT2D eigenvalue weighted by Gasteiger charge is -2.07. The van der Waals surface area contributed by atoms with Crippen molar-refractivity contribution < 1.29 is 4.42 Å². The molecule has 5 rings (SSSR count). The number of nitrogens with one attached hydrogen (secondary N) is 1. The van der Waals surface area contributed by atoms with Crippen LogP contribution < -0.4 is 10.9 Å². The van der Waals surface area contributed by atoms with Gasteiger partial charge >= 0.3 is 0 Å². The van der Waals surface area contributed by atoms with Gasteiger partial charge in [-0.2, -0.15) is 0 Å². The summed E-state index contributed by atoms with van der Waals surface area (Å²) in [6.07, 6.45) is 3.48. The first kappa shape index (κ1) is 17.3. The van der Waals surface area contributed by atoms with Crippen LogP contribution in [0.4, 0.5) is 5.88 Å². The summed E-state index contributed by atoms with van der Waals surface area (Å²) in [7, 11) is 1.79. The summed E-state index contributed by atoms with van der Waals surface area (Å²) in [4.78, 5) is 17.5. The lowest BCUT2D eigenvalue weighted by Crippen LogP contribution is -2.17. The number of rotatable bonds is 4. The lowest BCUT2D eigenvalue weighted by molar-refractivity contribution is 0.629. The molecule has 0 saturated carbocycles. The van der Waals surface area contributed by atoms with E-state index in [4.69, 9.17) is 4.42 Å². The van der Waals surface area contributed by atoms with Gasteiger partial charge in [0.25, 0.3) is 5.56 Å². The number of benzene rings is 2. The molecule has 0 saturated heterocycles. The first-order chi connectivity index (χ1) is 14.2. The Morgan fingerprint density at radius 3 is 2.59 bits per heavy atom. The normalized spacial score (nSPS) is 11.2. The Hall–Kier alpha value is -3.86. The van der Waals surface area contributed by atoms with E-state index in [1.807, 2.05) is 66.7 Å². The highest BCUT2D eigenvalue weighted by molar-refractivity contribution is 6.10. The molecule has 3 aromatic heterocycles. The Morgan fingerprint density at radius 2 is 1.79 bits per heavy atom. The quantitative estimate of drug-likeness (QED) is 0.478. The second-order valence-electron chi connectivity index (χ2n) is 6.97. The fourth-order valence-electron chi connectivity index (χ4n) is 3.75. The monoisotopic (exact) mass is 381 g/mol. The number of aryl methyl sites for hydroxylation is 1. The van der Waals surface area contributed by atoms with E-state index in [1.54, 1.807) is 24.0 Å². The molecule has 0 bridgehead atoms. The summed E-state index contributed by atoms with van der Waals surface area (Å²) < 4.78 is 7.95. The van der Waals surface area contributed by atoms with Crippen LogP contribution in [0.25, 0.3) is 33.0 Å². The molecule has 0 fully saturated rings. The number of anilines is 1. The van der Waals surface area contributed by atoms with E-state index >= 15 is 0 Å². The Labute approximate surface area is 167 Å². The van der Waals surface area contributed by atoms with E-state index in [2.05, 4.69) is 10.3 Å². The molecule has 0 aliphatic heterocycles. The van der Waals surface area contributed by atoms with E-state index in [9.17, 15) is 4.79 Å². The summed E-state index contributed by atoms with van der Waals surface area (Å²) in [5.41, 5.74) is 4.06. The highest BCUT2D eigenvalue weighted by Gasteiger charge is 2.22. The average Bonchev–Trinajstić information content (AvgIpc) is 3.17. The number of nitrogens with zero attached hydrogens (tertiary/aromatic N) is 2. The van der Waals surface area contributed by atoms with Crippen LogP contribution in [0, 0.1) is 0 Å². The maximum atomic E-state index is 13.3. The van der Waals surface area contributed by atoms with Crippen molar-refractivity contribution in [2.24, 2.45) is 7.05 Å². The molecule has 0 spiro atoms. The Bertz CT molecular complexity index is 1370. The minimum Gasteiger partial charge on any atom is -0.439 e. The minimum absolute atomic E-state index is 0.0888. The summed E-state index contributed by atoms with van der Waals surface area (Å²) in [5, 5.41) is 4.86. The van der Waals surface area contributed by atoms with Gasteiger partial charge in [-0.15, -0.1) is 0 Å². The molecule has 5 nitrogen and oxygen atoms in total. The second-order valence-corrected chi connectivity index (χ2v) is 6.97. The van der Waals surface area contributed by atoms with Gasteiger partial charge in [-0.3, -0.25) is 9.78 Å². The molecule has 29 heavy (non-hydrogen) atoms. The highest BCUT2D eigenvalue weighted by atomic mass is 16.4. The number of furan rings is 1. The molecule has 142 valence electrons. The smallest absolute Gasteiger partial charge is 0.262 e. The zero-order valence-electron chi connectivity index (χ0n) is 15.9. The predicted octanol–water partition coefficient (Wildman–Crippen LogP) is 4.96. The van der Waals surface area contributed by atoms with Crippen molar-refractivity contribution >= 4 is 27.8 Å². The number of hydrogen-bond acceptors (Lipinski definition) is 4. The van der Waals surface area contributed by atoms with Crippen molar-refractivity contribution in [1.29, 1.82) is 0 Å². The van der Waals surface area contributed by atoms with E-state index in [0.717, 1.165) is 27.6 Å². The van der Waals surface area contributed by atoms with Crippen molar-refractivity contribution in [1.82, 2.24) is 9.55 Å².